The zero-order valence-corrected chi connectivity index (χ0v) is 13.4. The normalized spacial score (nSPS) is 13.5. The molecule has 0 fully saturated rings. The van der Waals surface area contributed by atoms with Gasteiger partial charge in [0, 0.05) is 19.1 Å². The number of hydrogen-bond acceptors (Lipinski definition) is 7. The molecule has 1 aromatic carbocycles. The molecule has 124 valence electrons. The second-order valence-corrected chi connectivity index (χ2v) is 4.81. The standard InChI is InChI=1S/C15H22O6S/c1-19-13(6-8-21-14(17)10-22)15(18)11-4-2-3-5-12(11)20-9-7-16/h2-5,13,15-16,18,22H,6-10H2,1H3/t13-,15-/m0/s1. The lowest BCUT2D eigenvalue weighted by molar-refractivity contribution is -0.141. The quantitative estimate of drug-likeness (QED) is 0.438. The predicted octanol–water partition coefficient (Wildman–Crippen LogP) is 0.969. The fourth-order valence-corrected chi connectivity index (χ4v) is 2.04. The topological polar surface area (TPSA) is 85.2 Å². The van der Waals surface area contributed by atoms with E-state index in [-0.39, 0.29) is 25.6 Å². The van der Waals surface area contributed by atoms with Crippen LogP contribution < -0.4 is 4.74 Å². The number of carbonyl (C=O) groups is 1. The van der Waals surface area contributed by atoms with Gasteiger partial charge in [0.25, 0.3) is 0 Å². The van der Waals surface area contributed by atoms with Crippen LogP contribution in [0.5, 0.6) is 5.75 Å². The molecular weight excluding hydrogens is 308 g/mol. The molecule has 0 heterocycles. The molecule has 0 amide bonds. The smallest absolute Gasteiger partial charge is 0.315 e. The van der Waals surface area contributed by atoms with Crippen LogP contribution in [-0.2, 0) is 14.3 Å². The highest BCUT2D eigenvalue weighted by molar-refractivity contribution is 7.81. The van der Waals surface area contributed by atoms with Crippen LogP contribution in [0.4, 0.5) is 0 Å². The van der Waals surface area contributed by atoms with Crippen LogP contribution >= 0.6 is 12.6 Å². The predicted molar refractivity (Wildman–Crippen MR) is 84.2 cm³/mol. The van der Waals surface area contributed by atoms with Crippen molar-refractivity contribution in [2.24, 2.45) is 0 Å². The zero-order valence-electron chi connectivity index (χ0n) is 12.5. The number of thiol groups is 1. The fraction of sp³-hybridized carbons (Fsp3) is 0.533. The Labute approximate surface area is 135 Å². The molecule has 0 saturated heterocycles. The number of para-hydroxylation sites is 1. The SMILES string of the molecule is CO[C@@H](CCOC(=O)CS)[C@@H](O)c1ccccc1OCCO. The molecule has 0 bridgehead atoms. The third-order valence-electron chi connectivity index (χ3n) is 3.04. The summed E-state index contributed by atoms with van der Waals surface area (Å²) in [4.78, 5) is 11.0. The van der Waals surface area contributed by atoms with E-state index in [1.54, 1.807) is 24.3 Å². The van der Waals surface area contributed by atoms with E-state index in [4.69, 9.17) is 19.3 Å². The molecule has 0 aromatic heterocycles. The van der Waals surface area contributed by atoms with Gasteiger partial charge in [0.15, 0.2) is 0 Å². The number of ether oxygens (including phenoxy) is 3. The lowest BCUT2D eigenvalue weighted by atomic mass is 10.0. The first kappa shape index (κ1) is 18.8. The molecule has 0 aliphatic rings. The van der Waals surface area contributed by atoms with Crippen molar-refractivity contribution in [2.75, 3.05) is 32.7 Å². The highest BCUT2D eigenvalue weighted by Gasteiger charge is 2.24. The summed E-state index contributed by atoms with van der Waals surface area (Å²) in [5, 5.41) is 19.3. The van der Waals surface area contributed by atoms with Crippen molar-refractivity contribution in [3.8, 4) is 5.75 Å². The minimum atomic E-state index is -0.936. The number of aliphatic hydroxyl groups excluding tert-OH is 2. The van der Waals surface area contributed by atoms with Crippen LogP contribution in [0.1, 0.15) is 18.1 Å². The van der Waals surface area contributed by atoms with Gasteiger partial charge in [-0.3, -0.25) is 4.79 Å². The van der Waals surface area contributed by atoms with Crippen LogP contribution in [0.3, 0.4) is 0 Å². The van der Waals surface area contributed by atoms with Gasteiger partial charge in [-0.2, -0.15) is 12.6 Å². The Balaban J connectivity index is 2.70. The number of aliphatic hydroxyl groups is 2. The highest BCUT2D eigenvalue weighted by atomic mass is 32.1. The minimum absolute atomic E-state index is 0.0119. The van der Waals surface area contributed by atoms with Crippen molar-refractivity contribution in [3.63, 3.8) is 0 Å². The molecule has 7 heteroatoms. The summed E-state index contributed by atoms with van der Waals surface area (Å²) in [5.41, 5.74) is 0.559. The number of rotatable bonds is 10. The van der Waals surface area contributed by atoms with Gasteiger partial charge in [-0.25, -0.2) is 0 Å². The second kappa shape index (κ2) is 10.4. The van der Waals surface area contributed by atoms with E-state index in [0.717, 1.165) is 0 Å². The molecule has 2 N–H and O–H groups in total. The number of benzene rings is 1. The van der Waals surface area contributed by atoms with E-state index < -0.39 is 18.2 Å². The average molecular weight is 330 g/mol. The third-order valence-corrected chi connectivity index (χ3v) is 3.29. The van der Waals surface area contributed by atoms with Crippen molar-refractivity contribution < 1.29 is 29.2 Å². The number of esters is 1. The van der Waals surface area contributed by atoms with E-state index in [1.165, 1.54) is 7.11 Å². The Hall–Kier alpha value is -1.28. The molecular formula is C15H22O6S. The second-order valence-electron chi connectivity index (χ2n) is 4.50. The van der Waals surface area contributed by atoms with Crippen LogP contribution in [-0.4, -0.2) is 55.0 Å². The van der Waals surface area contributed by atoms with E-state index in [1.807, 2.05) is 0 Å². The minimum Gasteiger partial charge on any atom is -0.491 e. The Kier molecular flexibility index (Phi) is 8.91. The molecule has 0 saturated carbocycles. The first-order valence-corrected chi connectivity index (χ1v) is 7.57. The molecule has 1 aromatic rings. The van der Waals surface area contributed by atoms with Gasteiger partial charge in [0.05, 0.1) is 25.1 Å². The third kappa shape index (κ3) is 5.84. The van der Waals surface area contributed by atoms with Gasteiger partial charge in [0.1, 0.15) is 18.5 Å². The Morgan fingerprint density at radius 3 is 2.68 bits per heavy atom. The molecule has 22 heavy (non-hydrogen) atoms. The van der Waals surface area contributed by atoms with Gasteiger partial charge < -0.3 is 24.4 Å². The van der Waals surface area contributed by atoms with Crippen LogP contribution in [0, 0.1) is 0 Å². The molecule has 1 rings (SSSR count). The molecule has 0 radical (unpaired) electrons. The molecule has 6 nitrogen and oxygen atoms in total. The van der Waals surface area contributed by atoms with Crippen molar-refractivity contribution in [1.82, 2.24) is 0 Å². The molecule has 0 aliphatic heterocycles. The summed E-state index contributed by atoms with van der Waals surface area (Å²) in [7, 11) is 1.48. The maximum absolute atomic E-state index is 11.0. The maximum atomic E-state index is 11.0. The van der Waals surface area contributed by atoms with Crippen molar-refractivity contribution in [2.45, 2.75) is 18.6 Å². The van der Waals surface area contributed by atoms with E-state index >= 15 is 0 Å². The first-order chi connectivity index (χ1) is 10.6. The van der Waals surface area contributed by atoms with E-state index in [0.29, 0.717) is 17.7 Å². The van der Waals surface area contributed by atoms with Gasteiger partial charge >= 0.3 is 5.97 Å². The monoisotopic (exact) mass is 330 g/mol. The van der Waals surface area contributed by atoms with E-state index in [9.17, 15) is 9.90 Å². The van der Waals surface area contributed by atoms with Crippen molar-refractivity contribution in [3.05, 3.63) is 29.8 Å². The average Bonchev–Trinajstić information content (AvgIpc) is 2.56. The highest BCUT2D eigenvalue weighted by Crippen LogP contribution is 2.29. The Bertz CT molecular complexity index is 453. The van der Waals surface area contributed by atoms with Gasteiger partial charge in [-0.05, 0) is 6.07 Å². The molecule has 0 unspecified atom stereocenters. The van der Waals surface area contributed by atoms with Crippen molar-refractivity contribution in [1.29, 1.82) is 0 Å². The van der Waals surface area contributed by atoms with Gasteiger partial charge in [-0.15, -0.1) is 0 Å². The zero-order chi connectivity index (χ0) is 16.4. The first-order valence-electron chi connectivity index (χ1n) is 6.94. The summed E-state index contributed by atoms with van der Waals surface area (Å²) in [6.07, 6.45) is -1.15. The lowest BCUT2D eigenvalue weighted by Gasteiger charge is -2.23. The molecule has 2 atom stereocenters. The largest absolute Gasteiger partial charge is 0.491 e. The molecule has 0 aliphatic carbocycles. The number of hydrogen-bond donors (Lipinski definition) is 3. The molecule has 0 spiro atoms. The fourth-order valence-electron chi connectivity index (χ4n) is 1.95. The van der Waals surface area contributed by atoms with Crippen LogP contribution in [0.15, 0.2) is 24.3 Å². The summed E-state index contributed by atoms with van der Waals surface area (Å²) in [5.74, 6) is 0.0794. The summed E-state index contributed by atoms with van der Waals surface area (Å²) in [6, 6.07) is 6.99. The summed E-state index contributed by atoms with van der Waals surface area (Å²) >= 11 is 3.81. The van der Waals surface area contributed by atoms with Gasteiger partial charge in [0.2, 0.25) is 0 Å². The number of methoxy groups -OCH3 is 1. The maximum Gasteiger partial charge on any atom is 0.315 e. The van der Waals surface area contributed by atoms with Gasteiger partial charge in [-0.1, -0.05) is 18.2 Å². The van der Waals surface area contributed by atoms with Crippen LogP contribution in [0.25, 0.3) is 0 Å². The Morgan fingerprint density at radius 2 is 2.05 bits per heavy atom. The number of carbonyl (C=O) groups excluding carboxylic acids is 1. The van der Waals surface area contributed by atoms with E-state index in [2.05, 4.69) is 12.6 Å². The van der Waals surface area contributed by atoms with Crippen LogP contribution in [0.2, 0.25) is 0 Å². The summed E-state index contributed by atoms with van der Waals surface area (Å²) < 4.78 is 15.6. The Morgan fingerprint density at radius 1 is 1.32 bits per heavy atom. The lowest BCUT2D eigenvalue weighted by Crippen LogP contribution is -2.24. The van der Waals surface area contributed by atoms with Crippen molar-refractivity contribution >= 4 is 18.6 Å². The summed E-state index contributed by atoms with van der Waals surface area (Å²) in [6.45, 7) is 0.160.